The van der Waals surface area contributed by atoms with Gasteiger partial charge in [-0.3, -0.25) is 0 Å². The van der Waals surface area contributed by atoms with Crippen LogP contribution in [0.3, 0.4) is 0 Å². The average molecular weight is 435 g/mol. The van der Waals surface area contributed by atoms with Crippen molar-refractivity contribution < 1.29 is 9.14 Å². The van der Waals surface area contributed by atoms with E-state index in [0.29, 0.717) is 0 Å². The summed E-state index contributed by atoms with van der Waals surface area (Å²) in [6, 6.07) is 29.5. The average Bonchev–Trinajstić information content (AvgIpc) is 3.12. The summed E-state index contributed by atoms with van der Waals surface area (Å²) in [6.07, 6.45) is 4.47. The molecule has 0 bridgehead atoms. The van der Waals surface area contributed by atoms with Gasteiger partial charge in [0.25, 0.3) is 0 Å². The number of hydrogen-bond donors (Lipinski definition) is 0. The fraction of sp³-hybridized carbons (Fsp3) is 0.250. The van der Waals surface area contributed by atoms with Crippen molar-refractivity contribution in [2.75, 3.05) is 6.54 Å². The highest BCUT2D eigenvalue weighted by Gasteiger charge is 2.50. The zero-order valence-electron chi connectivity index (χ0n) is 19.4. The fourth-order valence-electron chi connectivity index (χ4n) is 5.23. The van der Waals surface area contributed by atoms with Crippen LogP contribution in [0.2, 0.25) is 0 Å². The van der Waals surface area contributed by atoms with Crippen LogP contribution in [-0.4, -0.2) is 23.2 Å². The SMILES string of the molecule is CC1=C(N=Nc2ccc(C)cc2)C2=[N+](CCCCC2)[B-](c2ccccc2)(c2ccccc2)O1. The van der Waals surface area contributed by atoms with Gasteiger partial charge in [0, 0.05) is 12.8 Å². The van der Waals surface area contributed by atoms with E-state index in [1.165, 1.54) is 28.6 Å². The normalized spacial score (nSPS) is 18.1. The summed E-state index contributed by atoms with van der Waals surface area (Å²) in [4.78, 5) is 0. The minimum atomic E-state index is -1.61. The Labute approximate surface area is 196 Å². The monoisotopic (exact) mass is 435 g/mol. The summed E-state index contributed by atoms with van der Waals surface area (Å²) in [7, 11) is 0. The molecule has 0 saturated carbocycles. The van der Waals surface area contributed by atoms with E-state index in [0.717, 1.165) is 43.0 Å². The van der Waals surface area contributed by atoms with E-state index in [1.54, 1.807) is 0 Å². The lowest BCUT2D eigenvalue weighted by Gasteiger charge is -2.43. The van der Waals surface area contributed by atoms with Crippen LogP contribution >= 0.6 is 0 Å². The van der Waals surface area contributed by atoms with Gasteiger partial charge in [0.2, 0.25) is 0 Å². The summed E-state index contributed by atoms with van der Waals surface area (Å²) in [6.45, 7) is 3.45. The van der Waals surface area contributed by atoms with Crippen molar-refractivity contribution in [3.05, 3.63) is 102 Å². The number of allylic oxidation sites excluding steroid dienone is 2. The van der Waals surface area contributed by atoms with E-state index in [4.69, 9.17) is 9.77 Å². The molecule has 0 fully saturated rings. The van der Waals surface area contributed by atoms with Crippen LogP contribution in [0.15, 0.2) is 107 Å². The van der Waals surface area contributed by atoms with Crippen molar-refractivity contribution in [3.63, 3.8) is 0 Å². The van der Waals surface area contributed by atoms with Gasteiger partial charge in [-0.1, -0.05) is 89.3 Å². The van der Waals surface area contributed by atoms with Crippen molar-refractivity contribution in [2.45, 2.75) is 39.5 Å². The number of aryl methyl sites for hydroxylation is 1. The number of rotatable bonds is 4. The minimum absolute atomic E-state index is 0.840. The molecule has 0 unspecified atom stereocenters. The molecule has 0 aliphatic carbocycles. The largest absolute Gasteiger partial charge is 0.653 e. The molecule has 5 rings (SSSR count). The number of nitrogens with zero attached hydrogens (tertiary/aromatic N) is 3. The van der Waals surface area contributed by atoms with Crippen LogP contribution in [0, 0.1) is 6.92 Å². The molecule has 0 radical (unpaired) electrons. The van der Waals surface area contributed by atoms with Gasteiger partial charge in [0.1, 0.15) is 0 Å². The molecule has 166 valence electrons. The maximum atomic E-state index is 6.98. The van der Waals surface area contributed by atoms with Crippen molar-refractivity contribution >= 4 is 28.8 Å². The molecule has 33 heavy (non-hydrogen) atoms. The Hall–Kier alpha value is -3.47. The van der Waals surface area contributed by atoms with Crippen LogP contribution < -0.4 is 10.9 Å². The van der Waals surface area contributed by atoms with Gasteiger partial charge in [-0.05, 0) is 38.8 Å². The molecule has 0 amide bonds. The molecule has 0 N–H and O–H groups in total. The van der Waals surface area contributed by atoms with E-state index in [2.05, 4.69) is 89.3 Å². The van der Waals surface area contributed by atoms with Gasteiger partial charge in [-0.15, -0.1) is 5.11 Å². The Bertz CT molecular complexity index is 1180. The number of azo groups is 1. The maximum Gasteiger partial charge on any atom is 0.508 e. The van der Waals surface area contributed by atoms with Gasteiger partial charge in [0.15, 0.2) is 11.4 Å². The Morgan fingerprint density at radius 2 is 1.36 bits per heavy atom. The molecule has 4 nitrogen and oxygen atoms in total. The van der Waals surface area contributed by atoms with Crippen LogP contribution in [0.5, 0.6) is 0 Å². The molecule has 5 heteroatoms. The number of benzene rings is 3. The first-order chi connectivity index (χ1) is 16.2. The van der Waals surface area contributed by atoms with Gasteiger partial charge in [0.05, 0.1) is 18.0 Å². The smallest absolute Gasteiger partial charge is 0.508 e. The van der Waals surface area contributed by atoms with Crippen LogP contribution in [-0.2, 0) is 4.65 Å². The first kappa shape index (κ1) is 21.4. The molecule has 0 spiro atoms. The predicted molar refractivity (Wildman–Crippen MR) is 136 cm³/mol. The molecule has 3 aromatic rings. The highest BCUT2D eigenvalue weighted by Crippen LogP contribution is 2.29. The second-order valence-corrected chi connectivity index (χ2v) is 9.07. The maximum absolute atomic E-state index is 6.98. The zero-order chi connectivity index (χ0) is 22.7. The second-order valence-electron chi connectivity index (χ2n) is 9.07. The highest BCUT2D eigenvalue weighted by atomic mass is 16.5. The van der Waals surface area contributed by atoms with Crippen molar-refractivity contribution in [3.8, 4) is 0 Å². The first-order valence-corrected chi connectivity index (χ1v) is 12.0. The molecular formula is C28H30BN3O. The molecule has 0 saturated heterocycles. The Morgan fingerprint density at radius 3 is 2.00 bits per heavy atom. The van der Waals surface area contributed by atoms with E-state index in [1.807, 2.05) is 19.1 Å². The van der Waals surface area contributed by atoms with Gasteiger partial charge in [-0.2, -0.15) is 5.11 Å². The minimum Gasteiger partial charge on any atom is -0.653 e. The first-order valence-electron chi connectivity index (χ1n) is 12.0. The van der Waals surface area contributed by atoms with Crippen molar-refractivity contribution in [1.82, 2.24) is 0 Å². The molecule has 2 aliphatic heterocycles. The highest BCUT2D eigenvalue weighted by molar-refractivity contribution is 6.92. The summed E-state index contributed by atoms with van der Waals surface area (Å²) in [5.74, 6) is 0.840. The molecule has 2 aliphatic rings. The van der Waals surface area contributed by atoms with Crippen LogP contribution in [0.4, 0.5) is 5.69 Å². The van der Waals surface area contributed by atoms with Gasteiger partial charge >= 0.3 is 6.48 Å². The van der Waals surface area contributed by atoms with Crippen LogP contribution in [0.25, 0.3) is 0 Å². The molecule has 0 atom stereocenters. The molecule has 2 heterocycles. The topological polar surface area (TPSA) is 37.0 Å². The number of hydrogen-bond acceptors (Lipinski definition) is 3. The van der Waals surface area contributed by atoms with Gasteiger partial charge < -0.3 is 9.14 Å². The third-order valence-corrected chi connectivity index (χ3v) is 6.85. The van der Waals surface area contributed by atoms with Gasteiger partial charge in [-0.25, -0.2) is 0 Å². The summed E-state index contributed by atoms with van der Waals surface area (Å²) >= 11 is 0. The second kappa shape index (κ2) is 9.18. The van der Waals surface area contributed by atoms with Crippen LogP contribution in [0.1, 0.15) is 38.2 Å². The van der Waals surface area contributed by atoms with Crippen molar-refractivity contribution in [1.29, 1.82) is 0 Å². The molecule has 0 aromatic heterocycles. The molecule has 3 aromatic carbocycles. The standard InChI is InChI=1S/C28H30BN3O/c1-22-17-19-26(20-18-22)30-31-28-23(2)33-29(24-12-6-3-7-13-24,25-14-8-4-9-15-25)32-21-11-5-10-16-27(28)32/h3-4,6-9,12-15,17-20H,5,10-11,16,21H2,1-2H3. The Morgan fingerprint density at radius 1 is 0.727 bits per heavy atom. The summed E-state index contributed by atoms with van der Waals surface area (Å²) in [5, 5.41) is 9.34. The Kier molecular flexibility index (Phi) is 5.95. The lowest BCUT2D eigenvalue weighted by molar-refractivity contribution is -0.413. The zero-order valence-corrected chi connectivity index (χ0v) is 19.4. The molecular weight excluding hydrogens is 405 g/mol. The van der Waals surface area contributed by atoms with Crippen molar-refractivity contribution in [2.24, 2.45) is 10.2 Å². The summed E-state index contributed by atoms with van der Waals surface area (Å²) in [5.41, 5.74) is 6.58. The summed E-state index contributed by atoms with van der Waals surface area (Å²) < 4.78 is 9.49. The fourth-order valence-corrected chi connectivity index (χ4v) is 5.23. The van der Waals surface area contributed by atoms with E-state index >= 15 is 0 Å². The third kappa shape index (κ3) is 4.04. The lowest BCUT2D eigenvalue weighted by atomic mass is 9.40. The van der Waals surface area contributed by atoms with E-state index in [9.17, 15) is 0 Å². The Balaban J connectivity index is 1.69. The third-order valence-electron chi connectivity index (χ3n) is 6.85. The predicted octanol–water partition coefficient (Wildman–Crippen LogP) is 5.62. The van der Waals surface area contributed by atoms with E-state index < -0.39 is 6.48 Å². The lowest BCUT2D eigenvalue weighted by Crippen LogP contribution is -2.71. The van der Waals surface area contributed by atoms with E-state index in [-0.39, 0.29) is 0 Å². The quantitative estimate of drug-likeness (QED) is 0.387.